The third-order valence-electron chi connectivity index (χ3n) is 4.92. The standard InChI is InChI=1S/C17H20N4O4/c1-20-6-2-3-13(20)16(22)18-8-12-7-11-9-21(10-15(11)24-12)17(23)14-4-5-19-25-14/h2-6,11-12,15H,7-10H2,1H3,(H,18,22)/t11-,12-,15-/m0/s1. The Morgan fingerprint density at radius 1 is 1.36 bits per heavy atom. The van der Waals surface area contributed by atoms with Crippen molar-refractivity contribution < 1.29 is 18.8 Å². The number of ether oxygens (including phenoxy) is 1. The first-order valence-corrected chi connectivity index (χ1v) is 8.37. The second-order valence-corrected chi connectivity index (χ2v) is 6.59. The molecule has 2 amide bonds. The Labute approximate surface area is 144 Å². The fraction of sp³-hybridized carbons (Fsp3) is 0.471. The summed E-state index contributed by atoms with van der Waals surface area (Å²) < 4.78 is 12.7. The molecule has 0 bridgehead atoms. The van der Waals surface area contributed by atoms with Gasteiger partial charge in [0.15, 0.2) is 0 Å². The largest absolute Gasteiger partial charge is 0.371 e. The van der Waals surface area contributed by atoms with Crippen LogP contribution in [0.3, 0.4) is 0 Å². The number of aryl methyl sites for hydroxylation is 1. The summed E-state index contributed by atoms with van der Waals surface area (Å²) in [5.74, 6) is 0.300. The van der Waals surface area contributed by atoms with Gasteiger partial charge in [0.2, 0.25) is 5.76 Å². The van der Waals surface area contributed by atoms with Gasteiger partial charge >= 0.3 is 0 Å². The summed E-state index contributed by atoms with van der Waals surface area (Å²) in [5, 5.41) is 6.50. The molecule has 0 aromatic carbocycles. The number of rotatable bonds is 4. The van der Waals surface area contributed by atoms with Crippen LogP contribution in [-0.2, 0) is 11.8 Å². The van der Waals surface area contributed by atoms with Gasteiger partial charge in [-0.25, -0.2) is 0 Å². The number of likely N-dealkylation sites (tertiary alicyclic amines) is 1. The van der Waals surface area contributed by atoms with E-state index in [1.165, 1.54) is 6.20 Å². The number of nitrogens with one attached hydrogen (secondary N) is 1. The van der Waals surface area contributed by atoms with Crippen molar-refractivity contribution in [3.8, 4) is 0 Å². The zero-order valence-corrected chi connectivity index (χ0v) is 13.9. The lowest BCUT2D eigenvalue weighted by Gasteiger charge is -2.18. The van der Waals surface area contributed by atoms with Gasteiger partial charge in [-0.15, -0.1) is 0 Å². The van der Waals surface area contributed by atoms with E-state index in [2.05, 4.69) is 10.5 Å². The molecule has 2 aliphatic heterocycles. The van der Waals surface area contributed by atoms with Gasteiger partial charge in [0.25, 0.3) is 11.8 Å². The summed E-state index contributed by atoms with van der Waals surface area (Å²) in [5.41, 5.74) is 0.627. The van der Waals surface area contributed by atoms with E-state index in [4.69, 9.17) is 9.26 Å². The molecular weight excluding hydrogens is 324 g/mol. The van der Waals surface area contributed by atoms with Crippen molar-refractivity contribution in [3.05, 3.63) is 42.0 Å². The van der Waals surface area contributed by atoms with Crippen LogP contribution in [0.25, 0.3) is 0 Å². The summed E-state index contributed by atoms with van der Waals surface area (Å²) >= 11 is 0. The van der Waals surface area contributed by atoms with Crippen LogP contribution >= 0.6 is 0 Å². The molecule has 4 rings (SSSR count). The molecule has 0 aliphatic carbocycles. The number of carbonyl (C=O) groups excluding carboxylic acids is 2. The van der Waals surface area contributed by atoms with Crippen LogP contribution in [0.15, 0.2) is 35.1 Å². The number of hydrogen-bond donors (Lipinski definition) is 1. The summed E-state index contributed by atoms with van der Waals surface area (Å²) in [6.07, 6.45) is 4.14. The maximum Gasteiger partial charge on any atom is 0.292 e. The van der Waals surface area contributed by atoms with Crippen molar-refractivity contribution in [1.82, 2.24) is 19.9 Å². The monoisotopic (exact) mass is 344 g/mol. The normalized spacial score (nSPS) is 25.2. The smallest absolute Gasteiger partial charge is 0.292 e. The molecule has 0 unspecified atom stereocenters. The van der Waals surface area contributed by atoms with Gasteiger partial charge in [-0.2, -0.15) is 0 Å². The second-order valence-electron chi connectivity index (χ2n) is 6.59. The highest BCUT2D eigenvalue weighted by atomic mass is 16.5. The highest BCUT2D eigenvalue weighted by molar-refractivity contribution is 5.92. The zero-order chi connectivity index (χ0) is 17.4. The van der Waals surface area contributed by atoms with Crippen LogP contribution in [0, 0.1) is 5.92 Å². The Hall–Kier alpha value is -2.61. The maximum absolute atomic E-state index is 12.3. The van der Waals surface area contributed by atoms with Gasteiger partial charge in [0.05, 0.1) is 18.4 Å². The molecule has 2 aliphatic rings. The molecule has 2 fully saturated rings. The summed E-state index contributed by atoms with van der Waals surface area (Å²) in [7, 11) is 1.84. The third-order valence-corrected chi connectivity index (χ3v) is 4.92. The number of carbonyl (C=O) groups is 2. The Bertz CT molecular complexity index is 755. The fourth-order valence-electron chi connectivity index (χ4n) is 3.64. The van der Waals surface area contributed by atoms with Gasteiger partial charge < -0.3 is 24.0 Å². The topological polar surface area (TPSA) is 89.6 Å². The Kier molecular flexibility index (Phi) is 4.04. The number of amides is 2. The molecule has 0 radical (unpaired) electrons. The van der Waals surface area contributed by atoms with Crippen LogP contribution in [-0.4, -0.2) is 58.3 Å². The zero-order valence-electron chi connectivity index (χ0n) is 13.9. The van der Waals surface area contributed by atoms with E-state index in [1.807, 2.05) is 19.3 Å². The lowest BCUT2D eigenvalue weighted by Crippen LogP contribution is -2.35. The molecular formula is C17H20N4O4. The minimum absolute atomic E-state index is 0.0123. The highest BCUT2D eigenvalue weighted by Crippen LogP contribution is 2.33. The maximum atomic E-state index is 12.3. The van der Waals surface area contributed by atoms with Crippen LogP contribution < -0.4 is 5.32 Å². The van der Waals surface area contributed by atoms with E-state index < -0.39 is 0 Å². The predicted molar refractivity (Wildman–Crippen MR) is 86.9 cm³/mol. The Balaban J connectivity index is 1.27. The molecule has 2 aromatic heterocycles. The highest BCUT2D eigenvalue weighted by Gasteiger charge is 2.44. The lowest BCUT2D eigenvalue weighted by molar-refractivity contribution is 0.0349. The molecule has 132 valence electrons. The average Bonchev–Trinajstić information content (AvgIpc) is 3.35. The van der Waals surface area contributed by atoms with E-state index in [-0.39, 0.29) is 29.8 Å². The number of nitrogens with zero attached hydrogens (tertiary/aromatic N) is 3. The molecule has 25 heavy (non-hydrogen) atoms. The summed E-state index contributed by atoms with van der Waals surface area (Å²) in [4.78, 5) is 26.2. The number of fused-ring (bicyclic) bond motifs is 1. The van der Waals surface area contributed by atoms with Crippen molar-refractivity contribution >= 4 is 11.8 Å². The SMILES string of the molecule is Cn1cccc1C(=O)NC[C@@H]1C[C@H]2CN(C(=O)c3ccno3)C[C@@H]2O1. The average molecular weight is 344 g/mol. The van der Waals surface area contributed by atoms with Crippen molar-refractivity contribution in [2.45, 2.75) is 18.6 Å². The third kappa shape index (κ3) is 3.05. The van der Waals surface area contributed by atoms with E-state index in [0.717, 1.165) is 6.42 Å². The van der Waals surface area contributed by atoms with Crippen molar-refractivity contribution in [2.24, 2.45) is 13.0 Å². The van der Waals surface area contributed by atoms with Gasteiger partial charge in [0.1, 0.15) is 5.69 Å². The van der Waals surface area contributed by atoms with Crippen molar-refractivity contribution in [3.63, 3.8) is 0 Å². The first-order valence-electron chi connectivity index (χ1n) is 8.37. The molecule has 8 nitrogen and oxygen atoms in total. The summed E-state index contributed by atoms with van der Waals surface area (Å²) in [6.45, 7) is 1.67. The van der Waals surface area contributed by atoms with Crippen LogP contribution in [0.4, 0.5) is 0 Å². The molecule has 3 atom stereocenters. The molecule has 2 saturated heterocycles. The molecule has 0 saturated carbocycles. The molecule has 8 heteroatoms. The van der Waals surface area contributed by atoms with Crippen molar-refractivity contribution in [1.29, 1.82) is 0 Å². The van der Waals surface area contributed by atoms with Crippen LogP contribution in [0.5, 0.6) is 0 Å². The van der Waals surface area contributed by atoms with Gasteiger partial charge in [-0.05, 0) is 18.6 Å². The second kappa shape index (κ2) is 6.36. The molecule has 0 spiro atoms. The lowest BCUT2D eigenvalue weighted by atomic mass is 10.0. The first-order chi connectivity index (χ1) is 12.1. The minimum atomic E-state index is -0.149. The van der Waals surface area contributed by atoms with E-state index in [0.29, 0.717) is 31.2 Å². The first kappa shape index (κ1) is 15.9. The number of aromatic nitrogens is 2. The fourth-order valence-corrected chi connectivity index (χ4v) is 3.64. The minimum Gasteiger partial charge on any atom is -0.371 e. The molecule has 2 aromatic rings. The predicted octanol–water partition coefficient (Wildman–Crippen LogP) is 0.673. The van der Waals surface area contributed by atoms with Gasteiger partial charge in [-0.1, -0.05) is 5.16 Å². The van der Waals surface area contributed by atoms with Crippen LogP contribution in [0.2, 0.25) is 0 Å². The van der Waals surface area contributed by atoms with E-state index in [1.54, 1.807) is 21.6 Å². The molecule has 4 heterocycles. The molecule has 1 N–H and O–H groups in total. The summed E-state index contributed by atoms with van der Waals surface area (Å²) in [6, 6.07) is 5.19. The Morgan fingerprint density at radius 3 is 2.92 bits per heavy atom. The van der Waals surface area contributed by atoms with Crippen LogP contribution in [0.1, 0.15) is 27.5 Å². The van der Waals surface area contributed by atoms with E-state index in [9.17, 15) is 9.59 Å². The van der Waals surface area contributed by atoms with Gasteiger partial charge in [0, 0.05) is 44.9 Å². The van der Waals surface area contributed by atoms with Crippen molar-refractivity contribution in [2.75, 3.05) is 19.6 Å². The quantitative estimate of drug-likeness (QED) is 0.881. The number of hydrogen-bond acceptors (Lipinski definition) is 5. The Morgan fingerprint density at radius 2 is 2.24 bits per heavy atom. The van der Waals surface area contributed by atoms with Gasteiger partial charge in [-0.3, -0.25) is 9.59 Å². The van der Waals surface area contributed by atoms with E-state index >= 15 is 0 Å².